The standard InChI is InChI=1S/C47H27N3O2/c1-2-11-30(12-3-1)45-48-46(32-24-25-36-35-14-6-7-17-39(35)51-42(36)27-32)50-47(49-45)37-16-9-19-41-44(37)43-34(15-8-18-40(43)52-41)31-23-22-29-21-20-28-10-4-5-13-33(28)38(29)26-31/h1-27H. The van der Waals surface area contributed by atoms with Gasteiger partial charge in [-0.05, 0) is 69.1 Å². The van der Waals surface area contributed by atoms with Crippen molar-refractivity contribution in [3.8, 4) is 45.3 Å². The minimum atomic E-state index is 0.567. The van der Waals surface area contributed by atoms with E-state index in [1.807, 2.05) is 72.8 Å². The van der Waals surface area contributed by atoms with Gasteiger partial charge in [0.25, 0.3) is 0 Å². The first-order chi connectivity index (χ1) is 25.7. The van der Waals surface area contributed by atoms with Crippen LogP contribution < -0.4 is 0 Å². The molecule has 52 heavy (non-hydrogen) atoms. The Bertz CT molecular complexity index is 3190. The fraction of sp³-hybridized carbons (Fsp3) is 0. The predicted octanol–water partition coefficient (Wildman–Crippen LogP) is 12.6. The molecule has 5 nitrogen and oxygen atoms in total. The number of hydrogen-bond acceptors (Lipinski definition) is 5. The highest BCUT2D eigenvalue weighted by molar-refractivity contribution is 6.18. The zero-order chi connectivity index (χ0) is 34.2. The highest BCUT2D eigenvalue weighted by Crippen LogP contribution is 2.42. The van der Waals surface area contributed by atoms with Crippen LogP contribution in [0.15, 0.2) is 173 Å². The third kappa shape index (κ3) is 4.46. The number of hydrogen-bond donors (Lipinski definition) is 0. The van der Waals surface area contributed by atoms with Crippen LogP contribution in [0.25, 0.3) is 111 Å². The van der Waals surface area contributed by atoms with Gasteiger partial charge in [0.1, 0.15) is 22.3 Å². The Kier molecular flexibility index (Phi) is 6.18. The van der Waals surface area contributed by atoms with Crippen molar-refractivity contribution in [2.45, 2.75) is 0 Å². The van der Waals surface area contributed by atoms with E-state index in [1.54, 1.807) is 0 Å². The first-order valence-electron chi connectivity index (χ1n) is 17.3. The van der Waals surface area contributed by atoms with Gasteiger partial charge in [-0.15, -0.1) is 0 Å². The average Bonchev–Trinajstić information content (AvgIpc) is 3.79. The van der Waals surface area contributed by atoms with Gasteiger partial charge >= 0.3 is 0 Å². The third-order valence-electron chi connectivity index (χ3n) is 10.1. The van der Waals surface area contributed by atoms with Crippen LogP contribution in [0.4, 0.5) is 0 Å². The number of fused-ring (bicyclic) bond motifs is 9. The molecule has 0 saturated heterocycles. The maximum absolute atomic E-state index is 6.56. The molecule has 11 rings (SSSR count). The second kappa shape index (κ2) is 11.2. The number of furan rings is 2. The summed E-state index contributed by atoms with van der Waals surface area (Å²) in [5.74, 6) is 1.73. The van der Waals surface area contributed by atoms with Gasteiger partial charge in [-0.2, -0.15) is 0 Å². The Labute approximate surface area is 297 Å². The molecule has 0 aliphatic heterocycles. The van der Waals surface area contributed by atoms with E-state index in [0.717, 1.165) is 71.7 Å². The topological polar surface area (TPSA) is 65.0 Å². The highest BCUT2D eigenvalue weighted by atomic mass is 16.3. The van der Waals surface area contributed by atoms with Crippen LogP contribution in [0.3, 0.4) is 0 Å². The lowest BCUT2D eigenvalue weighted by Crippen LogP contribution is -2.00. The molecule has 8 aromatic carbocycles. The number of benzene rings is 8. The summed E-state index contributed by atoms with van der Waals surface area (Å²) in [6, 6.07) is 56.4. The number of nitrogens with zero attached hydrogens (tertiary/aromatic N) is 3. The molecule has 0 spiro atoms. The first-order valence-corrected chi connectivity index (χ1v) is 17.3. The molecule has 242 valence electrons. The Hall–Kier alpha value is -7.11. The largest absolute Gasteiger partial charge is 0.456 e. The maximum atomic E-state index is 6.56. The molecule has 0 bridgehead atoms. The van der Waals surface area contributed by atoms with Gasteiger partial charge in [-0.3, -0.25) is 0 Å². The van der Waals surface area contributed by atoms with Crippen molar-refractivity contribution in [3.05, 3.63) is 164 Å². The van der Waals surface area contributed by atoms with Gasteiger partial charge in [-0.25, -0.2) is 15.0 Å². The Morgan fingerprint density at radius 3 is 1.73 bits per heavy atom. The fourth-order valence-electron chi connectivity index (χ4n) is 7.67. The van der Waals surface area contributed by atoms with Gasteiger partial charge in [0, 0.05) is 38.2 Å². The van der Waals surface area contributed by atoms with Crippen molar-refractivity contribution >= 4 is 65.4 Å². The Morgan fingerprint density at radius 2 is 0.885 bits per heavy atom. The van der Waals surface area contributed by atoms with Gasteiger partial charge in [0.15, 0.2) is 17.5 Å². The third-order valence-corrected chi connectivity index (χ3v) is 10.1. The van der Waals surface area contributed by atoms with E-state index in [4.69, 9.17) is 23.8 Å². The zero-order valence-corrected chi connectivity index (χ0v) is 27.7. The lowest BCUT2D eigenvalue weighted by atomic mass is 9.94. The van der Waals surface area contributed by atoms with Crippen LogP contribution in [-0.2, 0) is 0 Å². The second-order valence-electron chi connectivity index (χ2n) is 13.2. The smallest absolute Gasteiger partial charge is 0.164 e. The van der Waals surface area contributed by atoms with Gasteiger partial charge in [0.05, 0.1) is 0 Å². The van der Waals surface area contributed by atoms with Crippen molar-refractivity contribution in [2.75, 3.05) is 0 Å². The molecular formula is C47H27N3O2. The van der Waals surface area contributed by atoms with Gasteiger partial charge in [0.2, 0.25) is 0 Å². The van der Waals surface area contributed by atoms with Crippen molar-refractivity contribution in [1.29, 1.82) is 0 Å². The summed E-state index contributed by atoms with van der Waals surface area (Å²) >= 11 is 0. The number of para-hydroxylation sites is 1. The molecule has 5 heteroatoms. The second-order valence-corrected chi connectivity index (χ2v) is 13.2. The molecule has 0 amide bonds. The number of aromatic nitrogens is 3. The summed E-state index contributed by atoms with van der Waals surface area (Å²) in [6.07, 6.45) is 0. The molecule has 3 heterocycles. The molecule has 0 N–H and O–H groups in total. The van der Waals surface area contributed by atoms with E-state index in [2.05, 4.69) is 91.0 Å². The fourth-order valence-corrected chi connectivity index (χ4v) is 7.67. The van der Waals surface area contributed by atoms with Crippen molar-refractivity contribution in [1.82, 2.24) is 15.0 Å². The summed E-state index contributed by atoms with van der Waals surface area (Å²) in [5.41, 5.74) is 8.07. The van der Waals surface area contributed by atoms with E-state index < -0.39 is 0 Å². The van der Waals surface area contributed by atoms with Crippen molar-refractivity contribution < 1.29 is 8.83 Å². The quantitative estimate of drug-likeness (QED) is 0.175. The Morgan fingerprint density at radius 1 is 0.308 bits per heavy atom. The van der Waals surface area contributed by atoms with Crippen LogP contribution in [0.5, 0.6) is 0 Å². The van der Waals surface area contributed by atoms with Crippen LogP contribution in [-0.4, -0.2) is 15.0 Å². The predicted molar refractivity (Wildman–Crippen MR) is 211 cm³/mol. The molecule has 0 radical (unpaired) electrons. The average molecular weight is 666 g/mol. The summed E-state index contributed by atoms with van der Waals surface area (Å²) < 4.78 is 12.8. The van der Waals surface area contributed by atoms with E-state index in [0.29, 0.717) is 17.5 Å². The summed E-state index contributed by atoms with van der Waals surface area (Å²) in [4.78, 5) is 15.3. The van der Waals surface area contributed by atoms with E-state index >= 15 is 0 Å². The molecule has 11 aromatic rings. The van der Waals surface area contributed by atoms with Crippen LogP contribution >= 0.6 is 0 Å². The van der Waals surface area contributed by atoms with Gasteiger partial charge in [-0.1, -0.05) is 127 Å². The van der Waals surface area contributed by atoms with E-state index in [1.165, 1.54) is 21.5 Å². The van der Waals surface area contributed by atoms with Crippen molar-refractivity contribution in [3.63, 3.8) is 0 Å². The van der Waals surface area contributed by atoms with Crippen LogP contribution in [0, 0.1) is 0 Å². The van der Waals surface area contributed by atoms with E-state index in [-0.39, 0.29) is 0 Å². The monoisotopic (exact) mass is 665 g/mol. The highest BCUT2D eigenvalue weighted by Gasteiger charge is 2.21. The minimum Gasteiger partial charge on any atom is -0.456 e. The zero-order valence-electron chi connectivity index (χ0n) is 27.7. The lowest BCUT2D eigenvalue weighted by molar-refractivity contribution is 0.668. The summed E-state index contributed by atoms with van der Waals surface area (Å²) in [7, 11) is 0. The normalized spacial score (nSPS) is 11.8. The van der Waals surface area contributed by atoms with E-state index in [9.17, 15) is 0 Å². The van der Waals surface area contributed by atoms with Gasteiger partial charge < -0.3 is 8.83 Å². The molecule has 0 aliphatic carbocycles. The molecule has 0 unspecified atom stereocenters. The van der Waals surface area contributed by atoms with Crippen LogP contribution in [0.1, 0.15) is 0 Å². The number of rotatable bonds is 4. The molecule has 0 fully saturated rings. The molecule has 0 atom stereocenters. The summed E-state index contributed by atoms with van der Waals surface area (Å²) in [6.45, 7) is 0. The maximum Gasteiger partial charge on any atom is 0.164 e. The van der Waals surface area contributed by atoms with Crippen LogP contribution in [0.2, 0.25) is 0 Å². The lowest BCUT2D eigenvalue weighted by Gasteiger charge is -2.11. The molecule has 0 aliphatic rings. The molecule has 0 saturated carbocycles. The Balaban J connectivity index is 1.15. The molecule has 3 aromatic heterocycles. The minimum absolute atomic E-state index is 0.567. The summed E-state index contributed by atoms with van der Waals surface area (Å²) in [5, 5.41) is 9.02. The van der Waals surface area contributed by atoms with Crippen molar-refractivity contribution in [2.24, 2.45) is 0 Å². The SMILES string of the molecule is c1ccc(-c2nc(-c3ccc4c(c3)oc3ccccc34)nc(-c3cccc4oc5cccc(-c6ccc7ccc8ccccc8c7c6)c5c34)n2)cc1. The molecular weight excluding hydrogens is 639 g/mol. The first kappa shape index (κ1) is 28.7.